The van der Waals surface area contributed by atoms with Crippen molar-refractivity contribution in [3.05, 3.63) is 29.8 Å². The lowest BCUT2D eigenvalue weighted by Gasteiger charge is -2.27. The van der Waals surface area contributed by atoms with Crippen LogP contribution in [-0.4, -0.2) is 18.3 Å². The molecule has 0 spiro atoms. The molecular formula is C15H19NO2. The first kappa shape index (κ1) is 12.9. The molecular weight excluding hydrogens is 226 g/mol. The summed E-state index contributed by atoms with van der Waals surface area (Å²) in [6.45, 7) is 1.06. The van der Waals surface area contributed by atoms with E-state index in [0.717, 1.165) is 38.0 Å². The van der Waals surface area contributed by atoms with Crippen LogP contribution in [0.3, 0.4) is 0 Å². The molecule has 1 N–H and O–H groups in total. The lowest BCUT2D eigenvalue weighted by molar-refractivity contribution is 0.139. The Bertz CT molecular complexity index is 399. The van der Waals surface area contributed by atoms with Crippen molar-refractivity contribution in [3.8, 4) is 11.8 Å². The van der Waals surface area contributed by atoms with Gasteiger partial charge in [-0.15, -0.1) is 0 Å². The van der Waals surface area contributed by atoms with Gasteiger partial charge < -0.3 is 9.84 Å². The molecule has 0 heterocycles. The molecule has 1 aromatic rings. The minimum absolute atomic E-state index is 0.323. The number of aliphatic hydroxyl groups excluding tert-OH is 1. The van der Waals surface area contributed by atoms with Gasteiger partial charge in [-0.05, 0) is 61.8 Å². The molecule has 18 heavy (non-hydrogen) atoms. The summed E-state index contributed by atoms with van der Waals surface area (Å²) in [5.41, 5.74) is 0.658. The minimum Gasteiger partial charge on any atom is -0.493 e. The summed E-state index contributed by atoms with van der Waals surface area (Å²) in [6, 6.07) is 9.33. The molecule has 0 atom stereocenters. The average Bonchev–Trinajstić information content (AvgIpc) is 2.46. The summed E-state index contributed by atoms with van der Waals surface area (Å²) in [7, 11) is 0. The third-order valence-corrected chi connectivity index (χ3v) is 3.69. The fourth-order valence-corrected chi connectivity index (χ4v) is 2.42. The van der Waals surface area contributed by atoms with Crippen LogP contribution in [0.5, 0.6) is 5.75 Å². The SMILES string of the molecule is N#Cc1ccc(OCC2CCC(CO)CC2)cc1. The third-order valence-electron chi connectivity index (χ3n) is 3.69. The topological polar surface area (TPSA) is 53.2 Å². The number of rotatable bonds is 4. The maximum atomic E-state index is 9.08. The highest BCUT2D eigenvalue weighted by Crippen LogP contribution is 2.28. The third kappa shape index (κ3) is 3.48. The van der Waals surface area contributed by atoms with E-state index in [4.69, 9.17) is 15.1 Å². The maximum Gasteiger partial charge on any atom is 0.119 e. The smallest absolute Gasteiger partial charge is 0.119 e. The number of benzene rings is 1. The highest BCUT2D eigenvalue weighted by atomic mass is 16.5. The van der Waals surface area contributed by atoms with E-state index in [1.807, 2.05) is 12.1 Å². The predicted molar refractivity (Wildman–Crippen MR) is 69.2 cm³/mol. The zero-order valence-corrected chi connectivity index (χ0v) is 10.5. The molecule has 0 aliphatic heterocycles. The van der Waals surface area contributed by atoms with Crippen molar-refractivity contribution in [1.82, 2.24) is 0 Å². The Morgan fingerprint density at radius 3 is 2.28 bits per heavy atom. The van der Waals surface area contributed by atoms with Gasteiger partial charge >= 0.3 is 0 Å². The van der Waals surface area contributed by atoms with Gasteiger partial charge in [0.15, 0.2) is 0 Å². The number of ether oxygens (including phenoxy) is 1. The van der Waals surface area contributed by atoms with Crippen LogP contribution in [-0.2, 0) is 0 Å². The first-order valence-electron chi connectivity index (χ1n) is 6.55. The van der Waals surface area contributed by atoms with E-state index in [1.165, 1.54) is 0 Å². The zero-order valence-electron chi connectivity index (χ0n) is 10.5. The summed E-state index contributed by atoms with van der Waals surface area (Å²) in [5.74, 6) is 1.93. The van der Waals surface area contributed by atoms with Crippen molar-refractivity contribution in [2.75, 3.05) is 13.2 Å². The monoisotopic (exact) mass is 245 g/mol. The summed E-state index contributed by atoms with van der Waals surface area (Å²) in [5, 5.41) is 17.8. The average molecular weight is 245 g/mol. The number of aliphatic hydroxyl groups is 1. The van der Waals surface area contributed by atoms with Crippen LogP contribution in [0.2, 0.25) is 0 Å². The Balaban J connectivity index is 1.76. The first-order valence-corrected chi connectivity index (χ1v) is 6.55. The number of hydrogen-bond acceptors (Lipinski definition) is 3. The Hall–Kier alpha value is -1.53. The molecule has 2 rings (SSSR count). The number of nitriles is 1. The van der Waals surface area contributed by atoms with E-state index < -0.39 is 0 Å². The van der Waals surface area contributed by atoms with E-state index in [0.29, 0.717) is 24.0 Å². The van der Waals surface area contributed by atoms with E-state index >= 15 is 0 Å². The van der Waals surface area contributed by atoms with Gasteiger partial charge in [-0.3, -0.25) is 0 Å². The Kier molecular flexibility index (Phi) is 4.60. The molecule has 0 bridgehead atoms. The number of nitrogens with zero attached hydrogens (tertiary/aromatic N) is 1. The fraction of sp³-hybridized carbons (Fsp3) is 0.533. The van der Waals surface area contributed by atoms with Gasteiger partial charge in [0.25, 0.3) is 0 Å². The van der Waals surface area contributed by atoms with Gasteiger partial charge in [-0.25, -0.2) is 0 Å². The van der Waals surface area contributed by atoms with Crippen molar-refractivity contribution in [3.63, 3.8) is 0 Å². The van der Waals surface area contributed by atoms with Gasteiger partial charge in [-0.1, -0.05) is 0 Å². The molecule has 1 aliphatic rings. The molecule has 96 valence electrons. The van der Waals surface area contributed by atoms with Gasteiger partial charge in [-0.2, -0.15) is 5.26 Å². The first-order chi connectivity index (χ1) is 8.81. The maximum absolute atomic E-state index is 9.08. The van der Waals surface area contributed by atoms with Crippen molar-refractivity contribution in [2.24, 2.45) is 11.8 Å². The Morgan fingerprint density at radius 2 is 1.72 bits per heavy atom. The fourth-order valence-electron chi connectivity index (χ4n) is 2.42. The van der Waals surface area contributed by atoms with Crippen LogP contribution in [0, 0.1) is 23.2 Å². The van der Waals surface area contributed by atoms with E-state index in [1.54, 1.807) is 12.1 Å². The van der Waals surface area contributed by atoms with Gasteiger partial charge in [0.1, 0.15) is 5.75 Å². The minimum atomic E-state index is 0.323. The van der Waals surface area contributed by atoms with Crippen molar-refractivity contribution in [2.45, 2.75) is 25.7 Å². The Labute approximate surface area is 108 Å². The van der Waals surface area contributed by atoms with Crippen LogP contribution >= 0.6 is 0 Å². The summed E-state index contributed by atoms with van der Waals surface area (Å²) < 4.78 is 5.74. The van der Waals surface area contributed by atoms with Crippen LogP contribution in [0.1, 0.15) is 31.2 Å². The lowest BCUT2D eigenvalue weighted by Crippen LogP contribution is -2.21. The van der Waals surface area contributed by atoms with Crippen molar-refractivity contribution < 1.29 is 9.84 Å². The highest BCUT2D eigenvalue weighted by Gasteiger charge is 2.20. The molecule has 1 aromatic carbocycles. The molecule has 0 unspecified atom stereocenters. The Morgan fingerprint density at radius 1 is 1.11 bits per heavy atom. The van der Waals surface area contributed by atoms with E-state index in [2.05, 4.69) is 6.07 Å². The molecule has 3 nitrogen and oxygen atoms in total. The normalized spacial score (nSPS) is 23.3. The van der Waals surface area contributed by atoms with Crippen LogP contribution in [0.15, 0.2) is 24.3 Å². The second-order valence-electron chi connectivity index (χ2n) is 5.02. The summed E-state index contributed by atoms with van der Waals surface area (Å²) in [4.78, 5) is 0. The lowest BCUT2D eigenvalue weighted by atomic mass is 9.83. The van der Waals surface area contributed by atoms with Gasteiger partial charge in [0.05, 0.1) is 18.2 Å². The molecule has 1 saturated carbocycles. The summed E-state index contributed by atoms with van der Waals surface area (Å²) >= 11 is 0. The van der Waals surface area contributed by atoms with Crippen LogP contribution in [0.25, 0.3) is 0 Å². The second kappa shape index (κ2) is 6.42. The van der Waals surface area contributed by atoms with E-state index in [9.17, 15) is 0 Å². The van der Waals surface area contributed by atoms with Gasteiger partial charge in [0, 0.05) is 6.61 Å². The molecule has 0 amide bonds. The molecule has 1 fully saturated rings. The predicted octanol–water partition coefficient (Wildman–Crippen LogP) is 2.74. The molecule has 0 radical (unpaired) electrons. The van der Waals surface area contributed by atoms with Crippen LogP contribution < -0.4 is 4.74 Å². The largest absolute Gasteiger partial charge is 0.493 e. The molecule has 1 aliphatic carbocycles. The molecule has 3 heteroatoms. The zero-order chi connectivity index (χ0) is 12.8. The van der Waals surface area contributed by atoms with Gasteiger partial charge in [0.2, 0.25) is 0 Å². The summed E-state index contributed by atoms with van der Waals surface area (Å²) in [6.07, 6.45) is 4.50. The van der Waals surface area contributed by atoms with E-state index in [-0.39, 0.29) is 0 Å². The second-order valence-corrected chi connectivity index (χ2v) is 5.02. The van der Waals surface area contributed by atoms with Crippen molar-refractivity contribution in [1.29, 1.82) is 5.26 Å². The number of hydrogen-bond donors (Lipinski definition) is 1. The molecule has 0 aromatic heterocycles. The van der Waals surface area contributed by atoms with Crippen LogP contribution in [0.4, 0.5) is 0 Å². The molecule has 0 saturated heterocycles. The highest BCUT2D eigenvalue weighted by molar-refractivity contribution is 5.34. The van der Waals surface area contributed by atoms with Crippen molar-refractivity contribution >= 4 is 0 Å². The standard InChI is InChI=1S/C15H19NO2/c16-9-12-5-7-15(8-6-12)18-11-14-3-1-13(10-17)2-4-14/h5-8,13-14,17H,1-4,10-11H2. The quantitative estimate of drug-likeness (QED) is 0.887.